The van der Waals surface area contributed by atoms with E-state index in [1.54, 1.807) is 48.7 Å². The molecule has 0 saturated carbocycles. The normalized spacial score (nSPS) is 13.0. The van der Waals surface area contributed by atoms with E-state index in [9.17, 15) is 13.2 Å². The van der Waals surface area contributed by atoms with Crippen LogP contribution in [0.2, 0.25) is 0 Å². The van der Waals surface area contributed by atoms with Gasteiger partial charge in [-0.15, -0.1) is 0 Å². The number of rotatable bonds is 7. The first-order valence-corrected chi connectivity index (χ1v) is 11.9. The molecule has 2 aromatic carbocycles. The molecule has 1 amide bonds. The second kappa shape index (κ2) is 9.78. The summed E-state index contributed by atoms with van der Waals surface area (Å²) in [6, 6.07) is 14.1. The van der Waals surface area contributed by atoms with E-state index >= 15 is 0 Å². The number of sulfonamides is 1. The van der Waals surface area contributed by atoms with Gasteiger partial charge in [-0.2, -0.15) is 0 Å². The van der Waals surface area contributed by atoms with E-state index in [1.165, 1.54) is 12.1 Å². The number of fused-ring (bicyclic) bond motifs is 1. The Morgan fingerprint density at radius 3 is 2.52 bits per heavy atom. The molecule has 0 fully saturated rings. The second-order valence-electron chi connectivity index (χ2n) is 7.09. The Bertz CT molecular complexity index is 1250. The Kier molecular flexibility index (Phi) is 6.64. The Balaban J connectivity index is 1.45. The number of nitrogens with one attached hydrogen (secondary N) is 2. The van der Waals surface area contributed by atoms with Gasteiger partial charge in [-0.25, -0.2) is 13.4 Å². The maximum absolute atomic E-state index is 12.8. The summed E-state index contributed by atoms with van der Waals surface area (Å²) >= 11 is 0. The summed E-state index contributed by atoms with van der Waals surface area (Å²) in [6.45, 7) is 3.17. The number of anilines is 2. The first-order chi connectivity index (χ1) is 16.0. The average Bonchev–Trinajstić information content (AvgIpc) is 3.06. The summed E-state index contributed by atoms with van der Waals surface area (Å²) in [5, 5.41) is 2.75. The zero-order chi connectivity index (χ0) is 23.3. The van der Waals surface area contributed by atoms with Crippen molar-refractivity contribution in [2.45, 2.75) is 18.2 Å². The number of pyridine rings is 1. The Morgan fingerprint density at radius 1 is 1.03 bits per heavy atom. The Morgan fingerprint density at radius 2 is 1.76 bits per heavy atom. The second-order valence-corrected chi connectivity index (χ2v) is 8.77. The largest absolute Gasteiger partial charge is 0.490 e. The number of benzene rings is 2. The van der Waals surface area contributed by atoms with Crippen LogP contribution in [0.4, 0.5) is 11.4 Å². The molecule has 33 heavy (non-hydrogen) atoms. The molecule has 0 bridgehead atoms. The molecule has 1 aliphatic heterocycles. The fraction of sp³-hybridized carbons (Fsp3) is 0.217. The van der Waals surface area contributed by atoms with E-state index in [0.29, 0.717) is 48.3 Å². The standard InChI is InChI=1S/C23H23N3O6S/c1-2-30-23-19(5-3-12-24-23)22(27)25-16-6-8-17(9-7-16)26-33(28,29)18-10-11-20-21(15-18)32-14-4-13-31-20/h3,5-12,15,26H,2,4,13-14H2,1H3,(H,25,27). The number of aromatic nitrogens is 1. The molecule has 9 nitrogen and oxygen atoms in total. The number of carbonyl (C=O) groups is 1. The first-order valence-electron chi connectivity index (χ1n) is 10.4. The van der Waals surface area contributed by atoms with Gasteiger partial charge in [0.15, 0.2) is 11.5 Å². The Hall–Kier alpha value is -3.79. The summed E-state index contributed by atoms with van der Waals surface area (Å²) in [6.07, 6.45) is 2.28. The summed E-state index contributed by atoms with van der Waals surface area (Å²) in [7, 11) is -3.85. The van der Waals surface area contributed by atoms with E-state index in [0.717, 1.165) is 6.42 Å². The van der Waals surface area contributed by atoms with Crippen LogP contribution in [0.3, 0.4) is 0 Å². The number of hydrogen-bond acceptors (Lipinski definition) is 7. The lowest BCUT2D eigenvalue weighted by Gasteiger charge is -2.12. The fourth-order valence-corrected chi connectivity index (χ4v) is 4.23. The van der Waals surface area contributed by atoms with Crippen molar-refractivity contribution < 1.29 is 27.4 Å². The van der Waals surface area contributed by atoms with Crippen LogP contribution < -0.4 is 24.2 Å². The number of carbonyl (C=O) groups excluding carboxylic acids is 1. The quantitative estimate of drug-likeness (QED) is 0.542. The SMILES string of the molecule is CCOc1ncccc1C(=O)Nc1ccc(NS(=O)(=O)c2ccc3c(c2)OCCCO3)cc1. The van der Waals surface area contributed by atoms with Crippen LogP contribution in [-0.2, 0) is 10.0 Å². The van der Waals surface area contributed by atoms with E-state index in [4.69, 9.17) is 14.2 Å². The van der Waals surface area contributed by atoms with Crippen molar-refractivity contribution in [2.75, 3.05) is 29.9 Å². The lowest BCUT2D eigenvalue weighted by atomic mass is 10.2. The highest BCUT2D eigenvalue weighted by molar-refractivity contribution is 7.92. The van der Waals surface area contributed by atoms with Crippen LogP contribution in [0, 0.1) is 0 Å². The minimum atomic E-state index is -3.85. The fourth-order valence-electron chi connectivity index (χ4n) is 3.16. The molecular formula is C23H23N3O6S. The van der Waals surface area contributed by atoms with Crippen LogP contribution in [0.1, 0.15) is 23.7 Å². The minimum absolute atomic E-state index is 0.0594. The topological polar surface area (TPSA) is 116 Å². The number of hydrogen-bond donors (Lipinski definition) is 2. The molecule has 1 aliphatic rings. The maximum Gasteiger partial charge on any atom is 0.262 e. The first kappa shape index (κ1) is 22.4. The minimum Gasteiger partial charge on any atom is -0.490 e. The van der Waals surface area contributed by atoms with E-state index < -0.39 is 10.0 Å². The van der Waals surface area contributed by atoms with Crippen LogP contribution in [0.5, 0.6) is 17.4 Å². The van der Waals surface area contributed by atoms with Gasteiger partial charge in [0.1, 0.15) is 5.56 Å². The van der Waals surface area contributed by atoms with Crippen molar-refractivity contribution in [3.05, 3.63) is 66.4 Å². The molecule has 1 aromatic heterocycles. The lowest BCUT2D eigenvalue weighted by Crippen LogP contribution is -2.15. The molecular weight excluding hydrogens is 446 g/mol. The molecule has 4 rings (SSSR count). The van der Waals surface area contributed by atoms with Crippen LogP contribution in [0.15, 0.2) is 65.7 Å². The zero-order valence-electron chi connectivity index (χ0n) is 17.9. The van der Waals surface area contributed by atoms with Gasteiger partial charge < -0.3 is 19.5 Å². The predicted molar refractivity (Wildman–Crippen MR) is 123 cm³/mol. The molecule has 0 radical (unpaired) electrons. The highest BCUT2D eigenvalue weighted by Gasteiger charge is 2.19. The third-order valence-corrected chi connectivity index (χ3v) is 6.10. The van der Waals surface area contributed by atoms with Crippen LogP contribution in [0.25, 0.3) is 0 Å². The van der Waals surface area contributed by atoms with Crippen LogP contribution >= 0.6 is 0 Å². The van der Waals surface area contributed by atoms with Crippen molar-refractivity contribution in [2.24, 2.45) is 0 Å². The lowest BCUT2D eigenvalue weighted by molar-refractivity contribution is 0.102. The van der Waals surface area contributed by atoms with Crippen molar-refractivity contribution in [3.8, 4) is 17.4 Å². The Labute approximate surface area is 191 Å². The van der Waals surface area contributed by atoms with Gasteiger partial charge in [0, 0.05) is 30.1 Å². The van der Waals surface area contributed by atoms with Crippen molar-refractivity contribution in [1.29, 1.82) is 0 Å². The van der Waals surface area contributed by atoms with Gasteiger partial charge >= 0.3 is 0 Å². The van der Waals surface area contributed by atoms with Gasteiger partial charge in [0.2, 0.25) is 5.88 Å². The molecule has 2 heterocycles. The van der Waals surface area contributed by atoms with Crippen molar-refractivity contribution >= 4 is 27.3 Å². The summed E-state index contributed by atoms with van der Waals surface area (Å²) in [4.78, 5) is 16.7. The van der Waals surface area contributed by atoms with Crippen molar-refractivity contribution in [3.63, 3.8) is 0 Å². The highest BCUT2D eigenvalue weighted by atomic mass is 32.2. The van der Waals surface area contributed by atoms with Crippen LogP contribution in [-0.4, -0.2) is 39.1 Å². The summed E-state index contributed by atoms with van der Waals surface area (Å²) in [5.41, 5.74) is 1.14. The molecule has 0 unspecified atom stereocenters. The van der Waals surface area contributed by atoms with Gasteiger partial charge in [-0.05, 0) is 55.5 Å². The third kappa shape index (κ3) is 5.35. The monoisotopic (exact) mass is 469 g/mol. The molecule has 0 aliphatic carbocycles. The molecule has 172 valence electrons. The zero-order valence-corrected chi connectivity index (χ0v) is 18.7. The van der Waals surface area contributed by atoms with Gasteiger partial charge in [-0.3, -0.25) is 9.52 Å². The third-order valence-electron chi connectivity index (χ3n) is 4.72. The van der Waals surface area contributed by atoms with E-state index in [-0.39, 0.29) is 16.7 Å². The molecule has 0 saturated heterocycles. The van der Waals surface area contributed by atoms with E-state index in [2.05, 4.69) is 15.0 Å². The highest BCUT2D eigenvalue weighted by Crippen LogP contribution is 2.32. The smallest absolute Gasteiger partial charge is 0.262 e. The number of amides is 1. The predicted octanol–water partition coefficient (Wildman–Crippen LogP) is 3.69. The van der Waals surface area contributed by atoms with Crippen molar-refractivity contribution in [1.82, 2.24) is 4.98 Å². The molecule has 3 aromatic rings. The molecule has 2 N–H and O–H groups in total. The number of ether oxygens (including phenoxy) is 3. The molecule has 0 spiro atoms. The average molecular weight is 470 g/mol. The summed E-state index contributed by atoms with van der Waals surface area (Å²) in [5.74, 6) is 0.784. The van der Waals surface area contributed by atoms with Gasteiger partial charge in [-0.1, -0.05) is 0 Å². The molecule has 10 heteroatoms. The number of nitrogens with zero attached hydrogens (tertiary/aromatic N) is 1. The van der Waals surface area contributed by atoms with Gasteiger partial charge in [0.25, 0.3) is 15.9 Å². The maximum atomic E-state index is 12.8. The van der Waals surface area contributed by atoms with E-state index in [1.807, 2.05) is 6.92 Å². The van der Waals surface area contributed by atoms with Gasteiger partial charge in [0.05, 0.1) is 24.7 Å². The summed E-state index contributed by atoms with van der Waals surface area (Å²) < 4.78 is 44.7. The molecule has 0 atom stereocenters.